The van der Waals surface area contributed by atoms with Crippen molar-refractivity contribution in [2.45, 2.75) is 51.5 Å². The van der Waals surface area contributed by atoms with Gasteiger partial charge < -0.3 is 9.47 Å². The molecule has 5 atom stereocenters. The Morgan fingerprint density at radius 2 is 1.77 bits per heavy atom. The van der Waals surface area contributed by atoms with Gasteiger partial charge in [0.05, 0.1) is 0 Å². The number of benzene rings is 1. The van der Waals surface area contributed by atoms with Crippen molar-refractivity contribution >= 4 is 5.97 Å². The Bertz CT molecular complexity index is 671. The SMILES string of the molecule is CO[C@@](C(=O)O[C@@H]1C[C@@H]2C[C@H]([C@H]1C)C2(C)C)(c1ccccc1)C(F)(F)F. The molecule has 3 nitrogen and oxygen atoms in total. The van der Waals surface area contributed by atoms with Crippen molar-refractivity contribution in [1.82, 2.24) is 0 Å². The molecule has 3 aliphatic rings. The predicted molar refractivity (Wildman–Crippen MR) is 90.2 cm³/mol. The van der Waals surface area contributed by atoms with Crippen LogP contribution in [0, 0.1) is 23.2 Å². The van der Waals surface area contributed by atoms with Gasteiger partial charge in [0.1, 0.15) is 6.10 Å². The molecule has 0 saturated heterocycles. The van der Waals surface area contributed by atoms with E-state index in [0.717, 1.165) is 13.5 Å². The highest BCUT2D eigenvalue weighted by Gasteiger charge is 2.65. The van der Waals surface area contributed by atoms with Gasteiger partial charge in [-0.3, -0.25) is 0 Å². The van der Waals surface area contributed by atoms with Crippen LogP contribution in [0.1, 0.15) is 39.2 Å². The molecule has 0 N–H and O–H groups in total. The number of esters is 1. The van der Waals surface area contributed by atoms with Gasteiger partial charge in [-0.15, -0.1) is 0 Å². The lowest BCUT2D eigenvalue weighted by Gasteiger charge is -2.61. The van der Waals surface area contributed by atoms with Gasteiger partial charge in [-0.1, -0.05) is 51.1 Å². The molecule has 3 saturated carbocycles. The number of hydrogen-bond donors (Lipinski definition) is 0. The number of hydrogen-bond acceptors (Lipinski definition) is 3. The third-order valence-electron chi connectivity index (χ3n) is 6.72. The van der Waals surface area contributed by atoms with Gasteiger partial charge in [0.15, 0.2) is 0 Å². The average molecular weight is 370 g/mol. The normalized spacial score (nSPS) is 32.3. The van der Waals surface area contributed by atoms with E-state index in [-0.39, 0.29) is 16.9 Å². The van der Waals surface area contributed by atoms with Crippen molar-refractivity contribution in [2.24, 2.45) is 23.2 Å². The summed E-state index contributed by atoms with van der Waals surface area (Å²) in [5.41, 5.74) is -3.22. The zero-order valence-corrected chi connectivity index (χ0v) is 15.5. The van der Waals surface area contributed by atoms with Crippen molar-refractivity contribution in [1.29, 1.82) is 0 Å². The molecular formula is C20H25F3O3. The first-order valence-corrected chi connectivity index (χ1v) is 8.94. The Hall–Kier alpha value is -1.56. The van der Waals surface area contributed by atoms with Crippen molar-refractivity contribution in [3.8, 4) is 0 Å². The van der Waals surface area contributed by atoms with Gasteiger partial charge >= 0.3 is 12.1 Å². The molecule has 3 fully saturated rings. The van der Waals surface area contributed by atoms with Crippen LogP contribution in [-0.4, -0.2) is 25.4 Å². The zero-order chi connectivity index (χ0) is 19.3. The lowest BCUT2D eigenvalue weighted by atomic mass is 9.45. The van der Waals surface area contributed by atoms with Gasteiger partial charge in [0, 0.05) is 12.7 Å². The van der Waals surface area contributed by atoms with E-state index in [1.807, 2.05) is 6.92 Å². The number of carbonyl (C=O) groups is 1. The molecule has 0 spiro atoms. The highest BCUT2D eigenvalue weighted by atomic mass is 19.4. The third kappa shape index (κ3) is 2.65. The fourth-order valence-corrected chi connectivity index (χ4v) is 4.87. The van der Waals surface area contributed by atoms with Crippen molar-refractivity contribution in [3.05, 3.63) is 35.9 Å². The van der Waals surface area contributed by atoms with Crippen LogP contribution < -0.4 is 0 Å². The molecule has 1 aromatic rings. The molecule has 26 heavy (non-hydrogen) atoms. The Morgan fingerprint density at radius 3 is 2.23 bits per heavy atom. The smallest absolute Gasteiger partial charge is 0.432 e. The molecule has 2 bridgehead atoms. The predicted octanol–water partition coefficient (Wildman–Crippen LogP) is 4.70. The van der Waals surface area contributed by atoms with Crippen LogP contribution in [0.4, 0.5) is 13.2 Å². The number of fused-ring (bicyclic) bond motifs is 2. The molecule has 0 aromatic heterocycles. The summed E-state index contributed by atoms with van der Waals surface area (Å²) in [7, 11) is 0.895. The highest BCUT2D eigenvalue weighted by Crippen LogP contribution is 2.62. The summed E-state index contributed by atoms with van der Waals surface area (Å²) in [6, 6.07) is 6.96. The molecule has 6 heteroatoms. The molecule has 3 aliphatic carbocycles. The van der Waals surface area contributed by atoms with Crippen molar-refractivity contribution in [2.75, 3.05) is 7.11 Å². The van der Waals surface area contributed by atoms with Crippen LogP contribution in [0.2, 0.25) is 0 Å². The second kappa shape index (κ2) is 6.25. The quantitative estimate of drug-likeness (QED) is 0.721. The minimum absolute atomic E-state index is 0.0255. The molecular weight excluding hydrogens is 345 g/mol. The summed E-state index contributed by atoms with van der Waals surface area (Å²) < 4.78 is 52.1. The van der Waals surface area contributed by atoms with E-state index < -0.39 is 23.9 Å². The van der Waals surface area contributed by atoms with Gasteiger partial charge in [-0.05, 0) is 36.0 Å². The van der Waals surface area contributed by atoms with Gasteiger partial charge in [0.2, 0.25) is 0 Å². The van der Waals surface area contributed by atoms with Gasteiger partial charge in [-0.2, -0.15) is 13.2 Å². The maximum atomic E-state index is 13.9. The summed E-state index contributed by atoms with van der Waals surface area (Å²) >= 11 is 0. The molecule has 0 heterocycles. The average Bonchev–Trinajstić information content (AvgIpc) is 2.57. The molecule has 0 aliphatic heterocycles. The van der Waals surface area contributed by atoms with E-state index in [4.69, 9.17) is 9.47 Å². The number of rotatable bonds is 4. The van der Waals surface area contributed by atoms with Crippen LogP contribution in [-0.2, 0) is 19.9 Å². The largest absolute Gasteiger partial charge is 0.459 e. The van der Waals surface area contributed by atoms with E-state index in [2.05, 4.69) is 13.8 Å². The van der Waals surface area contributed by atoms with E-state index in [1.54, 1.807) is 6.07 Å². The van der Waals surface area contributed by atoms with Crippen LogP contribution in [0.5, 0.6) is 0 Å². The monoisotopic (exact) mass is 370 g/mol. The van der Waals surface area contributed by atoms with E-state index in [1.165, 1.54) is 24.3 Å². The zero-order valence-electron chi connectivity index (χ0n) is 15.5. The number of halogens is 3. The molecule has 0 amide bonds. The molecule has 4 rings (SSSR count). The lowest BCUT2D eigenvalue weighted by molar-refractivity contribution is -0.282. The maximum absolute atomic E-state index is 13.9. The van der Waals surface area contributed by atoms with Crippen LogP contribution >= 0.6 is 0 Å². The fraction of sp³-hybridized carbons (Fsp3) is 0.650. The van der Waals surface area contributed by atoms with Gasteiger partial charge in [-0.25, -0.2) is 4.79 Å². The van der Waals surface area contributed by atoms with Crippen molar-refractivity contribution in [3.63, 3.8) is 0 Å². The standard InChI is InChI=1S/C20H25F3O3/c1-12-15-10-14(18(15,2)3)11-16(12)26-17(24)19(25-4,20(21,22)23)13-8-6-5-7-9-13/h5-9,12,14-16H,10-11H2,1-4H3/t12-,14+,15-,16-,19-/m1/s1. The number of methoxy groups -OCH3 is 1. The minimum atomic E-state index is -4.93. The van der Waals surface area contributed by atoms with Crippen LogP contribution in [0.25, 0.3) is 0 Å². The van der Waals surface area contributed by atoms with E-state index >= 15 is 0 Å². The number of carbonyl (C=O) groups excluding carboxylic acids is 1. The summed E-state index contributed by atoms with van der Waals surface area (Å²) in [6.45, 7) is 6.32. The fourth-order valence-electron chi connectivity index (χ4n) is 4.87. The second-order valence-corrected chi connectivity index (χ2v) is 8.15. The Labute approximate surface area is 151 Å². The molecule has 0 radical (unpaired) electrons. The number of alkyl halides is 3. The molecule has 0 unspecified atom stereocenters. The summed E-state index contributed by atoms with van der Waals surface area (Å²) in [6.07, 6.45) is -3.79. The molecule has 144 valence electrons. The Kier molecular flexibility index (Phi) is 4.62. The Morgan fingerprint density at radius 1 is 1.15 bits per heavy atom. The summed E-state index contributed by atoms with van der Waals surface area (Å²) in [5, 5.41) is 0. The van der Waals surface area contributed by atoms with E-state index in [9.17, 15) is 18.0 Å². The first kappa shape index (κ1) is 19.2. The topological polar surface area (TPSA) is 35.5 Å². The minimum Gasteiger partial charge on any atom is -0.459 e. The summed E-state index contributed by atoms with van der Waals surface area (Å²) in [4.78, 5) is 12.8. The third-order valence-corrected chi connectivity index (χ3v) is 6.72. The first-order valence-electron chi connectivity index (χ1n) is 8.94. The second-order valence-electron chi connectivity index (χ2n) is 8.15. The lowest BCUT2D eigenvalue weighted by Crippen LogP contribution is -2.59. The van der Waals surface area contributed by atoms with Crippen molar-refractivity contribution < 1.29 is 27.4 Å². The van der Waals surface area contributed by atoms with E-state index in [0.29, 0.717) is 18.3 Å². The maximum Gasteiger partial charge on any atom is 0.432 e. The van der Waals surface area contributed by atoms with Gasteiger partial charge in [0.25, 0.3) is 5.60 Å². The van der Waals surface area contributed by atoms with Crippen LogP contribution in [0.3, 0.4) is 0 Å². The molecule has 1 aromatic carbocycles. The van der Waals surface area contributed by atoms with Crippen LogP contribution in [0.15, 0.2) is 30.3 Å². The summed E-state index contributed by atoms with van der Waals surface area (Å²) in [5.74, 6) is -0.619. The highest BCUT2D eigenvalue weighted by molar-refractivity contribution is 5.83. The number of ether oxygens (including phenoxy) is 2. The Balaban J connectivity index is 1.88. The first-order chi connectivity index (χ1) is 12.1.